The molecule has 0 aromatic rings. The van der Waals surface area contributed by atoms with Crippen LogP contribution >= 0.6 is 0 Å². The Morgan fingerprint density at radius 3 is 1.58 bits per heavy atom. The largest absolute Gasteiger partial charge is 3.00 e. The molecule has 4 rings (SSSR count). The van der Waals surface area contributed by atoms with Gasteiger partial charge in [0.25, 0.3) is 5.95 Å². The number of ether oxygens (including phenoxy) is 1. The van der Waals surface area contributed by atoms with Crippen molar-refractivity contribution in [3.05, 3.63) is 67.6 Å². The van der Waals surface area contributed by atoms with E-state index in [0.29, 0.717) is 0 Å². The second kappa shape index (κ2) is 13.7. The third-order valence-electron chi connectivity index (χ3n) is 7.11. The molecule has 0 aromatic carbocycles. The Balaban J connectivity index is 0.000000380. The maximum Gasteiger partial charge on any atom is 3.00 e. The third kappa shape index (κ3) is 7.92. The van der Waals surface area contributed by atoms with Crippen molar-refractivity contribution in [3.63, 3.8) is 0 Å². The van der Waals surface area contributed by atoms with Gasteiger partial charge in [0, 0.05) is 5.57 Å². The van der Waals surface area contributed by atoms with Gasteiger partial charge in [0.05, 0.1) is 6.10 Å². The molecule has 1 radical (unpaired) electrons. The SMILES string of the molecule is C1=CC2CCC(CCC3CCC4C=CC=CC43)C2C=C1.CC(C)=C(O)OC(C)C.[CH3-].[Zr+3]. The molecular weight excluding hydrogens is 460 g/mol. The quantitative estimate of drug-likeness (QED) is 0.305. The van der Waals surface area contributed by atoms with Gasteiger partial charge in [-0.25, -0.2) is 0 Å². The summed E-state index contributed by atoms with van der Waals surface area (Å²) in [4.78, 5) is 0. The molecule has 0 saturated heterocycles. The monoisotopic (exact) mass is 501 g/mol. The van der Waals surface area contributed by atoms with Crippen molar-refractivity contribution in [3.8, 4) is 0 Å². The first-order chi connectivity index (χ1) is 14.0. The van der Waals surface area contributed by atoms with Crippen molar-refractivity contribution in [2.75, 3.05) is 0 Å². The van der Waals surface area contributed by atoms with Crippen molar-refractivity contribution in [2.45, 2.75) is 72.3 Å². The van der Waals surface area contributed by atoms with Crippen molar-refractivity contribution in [1.82, 2.24) is 0 Å². The molecule has 2 fully saturated rings. The molecule has 2 saturated carbocycles. The summed E-state index contributed by atoms with van der Waals surface area (Å²) in [6.45, 7) is 7.35. The van der Waals surface area contributed by atoms with Gasteiger partial charge in [-0.05, 0) is 102 Å². The van der Waals surface area contributed by atoms with Crippen molar-refractivity contribution in [1.29, 1.82) is 0 Å². The summed E-state index contributed by atoms with van der Waals surface area (Å²) in [5, 5.41) is 8.95. The smallest absolute Gasteiger partial charge is 0.481 e. The Morgan fingerprint density at radius 2 is 1.23 bits per heavy atom. The van der Waals surface area contributed by atoms with E-state index in [4.69, 9.17) is 9.84 Å². The minimum atomic E-state index is 0. The molecular formula is C28H43O2Zr+2. The van der Waals surface area contributed by atoms with E-state index in [1.165, 1.54) is 38.5 Å². The number of rotatable bonds is 5. The molecule has 169 valence electrons. The molecule has 6 atom stereocenters. The molecule has 31 heavy (non-hydrogen) atoms. The number of aliphatic hydroxyl groups excluding tert-OH is 1. The first-order valence-electron chi connectivity index (χ1n) is 11.7. The molecule has 4 aliphatic carbocycles. The second-order valence-electron chi connectivity index (χ2n) is 9.75. The van der Waals surface area contributed by atoms with Crippen LogP contribution in [0.15, 0.2) is 60.1 Å². The predicted octanol–water partition coefficient (Wildman–Crippen LogP) is 7.97. The summed E-state index contributed by atoms with van der Waals surface area (Å²) in [7, 11) is 0. The molecule has 0 aliphatic heterocycles. The molecule has 6 unspecified atom stereocenters. The van der Waals surface area contributed by atoms with Gasteiger partial charge in [-0.15, -0.1) is 0 Å². The molecule has 0 heterocycles. The van der Waals surface area contributed by atoms with Crippen LogP contribution in [0.1, 0.15) is 66.2 Å². The van der Waals surface area contributed by atoms with Crippen LogP contribution in [0.4, 0.5) is 0 Å². The molecule has 3 heteroatoms. The number of allylic oxidation sites excluding steroid dienone is 9. The average molecular weight is 503 g/mol. The normalized spacial score (nSPS) is 31.6. The van der Waals surface area contributed by atoms with Crippen LogP contribution in [0.3, 0.4) is 0 Å². The summed E-state index contributed by atoms with van der Waals surface area (Å²) < 4.78 is 4.95. The fourth-order valence-corrected chi connectivity index (χ4v) is 5.57. The van der Waals surface area contributed by atoms with Gasteiger partial charge in [0.1, 0.15) is 0 Å². The van der Waals surface area contributed by atoms with Gasteiger partial charge in [-0.1, -0.05) is 48.6 Å². The van der Waals surface area contributed by atoms with Crippen LogP contribution in [0, 0.1) is 42.9 Å². The van der Waals surface area contributed by atoms with Crippen LogP contribution in [0.5, 0.6) is 0 Å². The van der Waals surface area contributed by atoms with Crippen molar-refractivity contribution in [2.24, 2.45) is 35.5 Å². The summed E-state index contributed by atoms with van der Waals surface area (Å²) in [6, 6.07) is 0. The molecule has 4 aliphatic rings. The number of hydrogen-bond donors (Lipinski definition) is 1. The van der Waals surface area contributed by atoms with Gasteiger partial charge in [-0.2, -0.15) is 0 Å². The van der Waals surface area contributed by atoms with E-state index in [2.05, 4.69) is 48.6 Å². The van der Waals surface area contributed by atoms with Crippen LogP contribution in [-0.2, 0) is 30.9 Å². The Bertz CT molecular complexity index is 637. The standard InChI is InChI=1S/C20H26.C7H14O2.CH3.Zr/c1-3-7-19-15(5-1)9-11-17(19)13-14-18-12-10-16-6-2-4-8-20(16)18;1-5(2)7(8)9-6(3)4;;/h1-8,15-20H,9-14H2;6,8H,1-4H3;1H3;/q;;-1;+3. The molecule has 0 spiro atoms. The Kier molecular flexibility index (Phi) is 12.4. The number of hydrogen-bond acceptors (Lipinski definition) is 2. The van der Waals surface area contributed by atoms with Gasteiger partial charge in [0.15, 0.2) is 0 Å². The van der Waals surface area contributed by atoms with E-state index in [-0.39, 0.29) is 45.7 Å². The molecule has 0 aromatic heterocycles. The van der Waals surface area contributed by atoms with E-state index in [1.54, 1.807) is 13.8 Å². The van der Waals surface area contributed by atoms with Crippen LogP contribution in [0.25, 0.3) is 0 Å². The summed E-state index contributed by atoms with van der Waals surface area (Å²) in [6.07, 6.45) is 27.7. The predicted molar refractivity (Wildman–Crippen MR) is 129 cm³/mol. The van der Waals surface area contributed by atoms with Crippen molar-refractivity contribution >= 4 is 0 Å². The van der Waals surface area contributed by atoms with Gasteiger partial charge >= 0.3 is 26.2 Å². The van der Waals surface area contributed by atoms with E-state index in [0.717, 1.165) is 41.1 Å². The van der Waals surface area contributed by atoms with Gasteiger partial charge in [0.2, 0.25) is 0 Å². The molecule has 0 bridgehead atoms. The molecule has 2 nitrogen and oxygen atoms in total. The Hall–Kier alpha value is -0.817. The second-order valence-corrected chi connectivity index (χ2v) is 9.75. The fourth-order valence-electron chi connectivity index (χ4n) is 5.57. The zero-order chi connectivity index (χ0) is 20.8. The third-order valence-corrected chi connectivity index (χ3v) is 7.11. The fraction of sp³-hybridized carbons (Fsp3) is 0.607. The maximum atomic E-state index is 8.95. The molecule has 0 amide bonds. The molecule has 1 N–H and O–H groups in total. The summed E-state index contributed by atoms with van der Waals surface area (Å²) in [5.41, 5.74) is 0.809. The zero-order valence-electron chi connectivity index (χ0n) is 20.3. The Morgan fingerprint density at radius 1 is 0.806 bits per heavy atom. The van der Waals surface area contributed by atoms with E-state index in [1.807, 2.05) is 13.8 Å². The van der Waals surface area contributed by atoms with Crippen LogP contribution in [-0.4, -0.2) is 11.2 Å². The Labute approximate surface area is 210 Å². The summed E-state index contributed by atoms with van der Waals surface area (Å²) >= 11 is 0. The van der Waals surface area contributed by atoms with Crippen LogP contribution < -0.4 is 0 Å². The minimum Gasteiger partial charge on any atom is -0.481 e. The van der Waals surface area contributed by atoms with E-state index < -0.39 is 0 Å². The average Bonchev–Trinajstić information content (AvgIpc) is 3.30. The topological polar surface area (TPSA) is 29.5 Å². The first-order valence-corrected chi connectivity index (χ1v) is 11.7. The van der Waals surface area contributed by atoms with Gasteiger partial charge in [-0.3, -0.25) is 0 Å². The van der Waals surface area contributed by atoms with E-state index in [9.17, 15) is 0 Å². The van der Waals surface area contributed by atoms with Crippen LogP contribution in [0.2, 0.25) is 0 Å². The first kappa shape index (κ1) is 28.2. The summed E-state index contributed by atoms with van der Waals surface area (Å²) in [5.74, 6) is 5.41. The van der Waals surface area contributed by atoms with Gasteiger partial charge < -0.3 is 17.3 Å². The van der Waals surface area contributed by atoms with Crippen molar-refractivity contribution < 1.29 is 36.0 Å². The van der Waals surface area contributed by atoms with E-state index >= 15 is 0 Å². The number of fused-ring (bicyclic) bond motifs is 2. The minimum absolute atomic E-state index is 0. The zero-order valence-corrected chi connectivity index (χ0v) is 22.7. The number of aliphatic hydroxyl groups is 1. The maximum absolute atomic E-state index is 8.95.